The van der Waals surface area contributed by atoms with Gasteiger partial charge in [0.05, 0.1) is 5.38 Å². The number of hydrogen-bond acceptors (Lipinski definition) is 0. The molecule has 1 aromatic rings. The molecule has 70 valence electrons. The summed E-state index contributed by atoms with van der Waals surface area (Å²) in [5.41, 5.74) is 2.82. The van der Waals surface area contributed by atoms with Gasteiger partial charge in [-0.05, 0) is 29.9 Å². The van der Waals surface area contributed by atoms with E-state index in [4.69, 9.17) is 11.6 Å². The van der Waals surface area contributed by atoms with Crippen molar-refractivity contribution >= 4 is 11.6 Å². The van der Waals surface area contributed by atoms with Crippen molar-refractivity contribution in [3.05, 3.63) is 35.4 Å². The summed E-state index contributed by atoms with van der Waals surface area (Å²) < 4.78 is 0. The summed E-state index contributed by atoms with van der Waals surface area (Å²) in [5, 5.41) is 0.260. The molecule has 0 spiro atoms. The van der Waals surface area contributed by atoms with E-state index in [-0.39, 0.29) is 5.38 Å². The smallest absolute Gasteiger partial charge is 0.0619 e. The topological polar surface area (TPSA) is 0 Å². The molecular weight excluding hydrogens is 180 g/mol. The number of halogens is 1. The molecule has 2 atom stereocenters. The average Bonchev–Trinajstić information content (AvgIpc) is 2.46. The molecule has 0 bridgehead atoms. The molecule has 0 heterocycles. The molecule has 2 rings (SSSR count). The zero-order valence-electron chi connectivity index (χ0n) is 7.96. The Morgan fingerprint density at radius 1 is 1.38 bits per heavy atom. The molecule has 0 nitrogen and oxygen atoms in total. The van der Waals surface area contributed by atoms with Crippen molar-refractivity contribution in [2.24, 2.45) is 5.92 Å². The number of fused-ring (bicyclic) bond motifs is 1. The highest BCUT2D eigenvalue weighted by molar-refractivity contribution is 6.21. The average molecular weight is 195 g/mol. The Morgan fingerprint density at radius 3 is 2.85 bits per heavy atom. The van der Waals surface area contributed by atoms with E-state index in [0.717, 1.165) is 0 Å². The van der Waals surface area contributed by atoms with E-state index in [1.54, 1.807) is 0 Å². The van der Waals surface area contributed by atoms with Gasteiger partial charge in [-0.25, -0.2) is 0 Å². The van der Waals surface area contributed by atoms with Crippen molar-refractivity contribution in [3.63, 3.8) is 0 Å². The van der Waals surface area contributed by atoms with E-state index in [2.05, 4.69) is 31.2 Å². The molecule has 0 N–H and O–H groups in total. The second-order valence-corrected chi connectivity index (χ2v) is 4.32. The Kier molecular flexibility index (Phi) is 2.59. The van der Waals surface area contributed by atoms with Crippen LogP contribution in [0.15, 0.2) is 24.3 Å². The predicted octanol–water partition coefficient (Wildman–Crippen LogP) is 3.94. The summed E-state index contributed by atoms with van der Waals surface area (Å²) in [5.74, 6) is 0.670. The Hall–Kier alpha value is -0.490. The lowest BCUT2D eigenvalue weighted by molar-refractivity contribution is 0.494. The zero-order valence-corrected chi connectivity index (χ0v) is 8.72. The highest BCUT2D eigenvalue weighted by atomic mass is 35.5. The van der Waals surface area contributed by atoms with Gasteiger partial charge in [0.1, 0.15) is 0 Å². The van der Waals surface area contributed by atoms with Crippen molar-refractivity contribution in [2.45, 2.75) is 31.6 Å². The predicted molar refractivity (Wildman–Crippen MR) is 57.1 cm³/mol. The minimum absolute atomic E-state index is 0.260. The first-order valence-corrected chi connectivity index (χ1v) is 5.48. The van der Waals surface area contributed by atoms with Gasteiger partial charge in [0.25, 0.3) is 0 Å². The molecule has 1 aliphatic carbocycles. The van der Waals surface area contributed by atoms with Crippen LogP contribution in [0.5, 0.6) is 0 Å². The molecule has 0 aliphatic heterocycles. The van der Waals surface area contributed by atoms with Crippen molar-refractivity contribution in [1.29, 1.82) is 0 Å². The first-order valence-electron chi connectivity index (χ1n) is 5.04. The highest BCUT2D eigenvalue weighted by Gasteiger charge is 2.29. The SMILES string of the molecule is CCCC1Cc2ccccc2C1Cl. The van der Waals surface area contributed by atoms with E-state index in [1.807, 2.05) is 0 Å². The van der Waals surface area contributed by atoms with Crippen LogP contribution in [-0.4, -0.2) is 0 Å². The fourth-order valence-corrected chi connectivity index (χ4v) is 2.68. The van der Waals surface area contributed by atoms with Crippen LogP contribution in [0.1, 0.15) is 36.3 Å². The Balaban J connectivity index is 2.22. The van der Waals surface area contributed by atoms with Crippen molar-refractivity contribution in [2.75, 3.05) is 0 Å². The minimum Gasteiger partial charge on any atom is -0.117 e. The van der Waals surface area contributed by atoms with Crippen molar-refractivity contribution in [3.8, 4) is 0 Å². The molecular formula is C12H15Cl. The van der Waals surface area contributed by atoms with E-state index < -0.39 is 0 Å². The van der Waals surface area contributed by atoms with Crippen LogP contribution in [-0.2, 0) is 6.42 Å². The van der Waals surface area contributed by atoms with E-state index in [0.29, 0.717) is 5.92 Å². The van der Waals surface area contributed by atoms with Crippen LogP contribution in [0, 0.1) is 5.92 Å². The Labute approximate surface area is 84.9 Å². The first kappa shape index (κ1) is 9.08. The van der Waals surface area contributed by atoms with Gasteiger partial charge in [-0.3, -0.25) is 0 Å². The summed E-state index contributed by atoms with van der Waals surface area (Å²) in [6, 6.07) is 8.57. The standard InChI is InChI=1S/C12H15Cl/c1-2-5-10-8-9-6-3-4-7-11(9)12(10)13/h3-4,6-7,10,12H,2,5,8H2,1H3. The van der Waals surface area contributed by atoms with Gasteiger partial charge in [0.2, 0.25) is 0 Å². The highest BCUT2D eigenvalue weighted by Crippen LogP contribution is 2.42. The molecule has 0 saturated carbocycles. The van der Waals surface area contributed by atoms with Crippen molar-refractivity contribution in [1.82, 2.24) is 0 Å². The fraction of sp³-hybridized carbons (Fsp3) is 0.500. The molecule has 1 aliphatic rings. The van der Waals surface area contributed by atoms with E-state index in [1.165, 1.54) is 30.4 Å². The lowest BCUT2D eigenvalue weighted by atomic mass is 10.0. The molecule has 1 heteroatoms. The molecule has 0 radical (unpaired) electrons. The molecule has 13 heavy (non-hydrogen) atoms. The van der Waals surface area contributed by atoms with Crippen LogP contribution in [0.3, 0.4) is 0 Å². The van der Waals surface area contributed by atoms with E-state index >= 15 is 0 Å². The van der Waals surface area contributed by atoms with Gasteiger partial charge >= 0.3 is 0 Å². The zero-order chi connectivity index (χ0) is 9.26. The summed E-state index contributed by atoms with van der Waals surface area (Å²) in [6.45, 7) is 2.23. The maximum atomic E-state index is 6.39. The lowest BCUT2D eigenvalue weighted by Crippen LogP contribution is -2.01. The summed E-state index contributed by atoms with van der Waals surface area (Å²) in [6.07, 6.45) is 3.67. The van der Waals surface area contributed by atoms with Crippen LogP contribution >= 0.6 is 11.6 Å². The lowest BCUT2D eigenvalue weighted by Gasteiger charge is -2.11. The van der Waals surface area contributed by atoms with Crippen LogP contribution in [0.2, 0.25) is 0 Å². The van der Waals surface area contributed by atoms with Gasteiger partial charge in [-0.2, -0.15) is 0 Å². The second-order valence-electron chi connectivity index (χ2n) is 3.85. The van der Waals surface area contributed by atoms with Gasteiger partial charge in [-0.15, -0.1) is 11.6 Å². The van der Waals surface area contributed by atoms with Crippen LogP contribution < -0.4 is 0 Å². The number of benzene rings is 1. The Morgan fingerprint density at radius 2 is 2.15 bits per heavy atom. The maximum absolute atomic E-state index is 6.39. The third-order valence-corrected chi connectivity index (χ3v) is 3.50. The van der Waals surface area contributed by atoms with Gasteiger partial charge < -0.3 is 0 Å². The van der Waals surface area contributed by atoms with Crippen molar-refractivity contribution < 1.29 is 0 Å². The molecule has 0 amide bonds. The second kappa shape index (κ2) is 3.71. The summed E-state index contributed by atoms with van der Waals surface area (Å²) >= 11 is 6.39. The summed E-state index contributed by atoms with van der Waals surface area (Å²) in [7, 11) is 0. The molecule has 0 aromatic heterocycles. The van der Waals surface area contributed by atoms with Gasteiger partial charge in [-0.1, -0.05) is 37.6 Å². The minimum atomic E-state index is 0.260. The molecule has 0 saturated heterocycles. The summed E-state index contributed by atoms with van der Waals surface area (Å²) in [4.78, 5) is 0. The maximum Gasteiger partial charge on any atom is 0.0619 e. The van der Waals surface area contributed by atoms with Gasteiger partial charge in [0.15, 0.2) is 0 Å². The largest absolute Gasteiger partial charge is 0.117 e. The van der Waals surface area contributed by atoms with Gasteiger partial charge in [0, 0.05) is 0 Å². The number of rotatable bonds is 2. The molecule has 2 unspecified atom stereocenters. The fourth-order valence-electron chi connectivity index (χ4n) is 2.25. The third-order valence-electron chi connectivity index (χ3n) is 2.91. The third kappa shape index (κ3) is 1.60. The number of alkyl halides is 1. The van der Waals surface area contributed by atoms with E-state index in [9.17, 15) is 0 Å². The Bertz CT molecular complexity index is 293. The van der Waals surface area contributed by atoms with Crippen LogP contribution in [0.25, 0.3) is 0 Å². The number of hydrogen-bond donors (Lipinski definition) is 0. The first-order chi connectivity index (χ1) is 6.33. The monoisotopic (exact) mass is 194 g/mol. The molecule has 1 aromatic carbocycles. The normalized spacial score (nSPS) is 26.0. The quantitative estimate of drug-likeness (QED) is 0.626. The molecule has 0 fully saturated rings. The van der Waals surface area contributed by atoms with Crippen LogP contribution in [0.4, 0.5) is 0 Å².